The van der Waals surface area contributed by atoms with Gasteiger partial charge in [-0.1, -0.05) is 60.1 Å². The SMILES string of the molecule is [18F]CCOc1ccc([P+](Cc2ccc(Cl)cc2)(c2ccccc2)c2ccccc2)cc1. The molecule has 0 aliphatic heterocycles. The molecule has 0 aliphatic carbocycles. The second-order valence-corrected chi connectivity index (χ2v) is 11.2. The molecular weight excluding hydrogens is 425 g/mol. The van der Waals surface area contributed by atoms with E-state index < -0.39 is 13.9 Å². The first kappa shape index (κ1) is 21.6. The van der Waals surface area contributed by atoms with Gasteiger partial charge in [0.25, 0.3) is 0 Å². The van der Waals surface area contributed by atoms with E-state index in [0.717, 1.165) is 11.2 Å². The van der Waals surface area contributed by atoms with Crippen molar-refractivity contribution in [2.24, 2.45) is 0 Å². The Kier molecular flexibility index (Phi) is 7.02. The van der Waals surface area contributed by atoms with Crippen LogP contribution in [0.25, 0.3) is 0 Å². The summed E-state index contributed by atoms with van der Waals surface area (Å²) >= 11 is 6.16. The van der Waals surface area contributed by atoms with Gasteiger partial charge in [0.05, 0.1) is 6.16 Å². The van der Waals surface area contributed by atoms with Crippen LogP contribution in [0.4, 0.5) is 4.39 Å². The van der Waals surface area contributed by atoms with Gasteiger partial charge < -0.3 is 4.74 Å². The molecule has 0 saturated heterocycles. The fourth-order valence-corrected chi connectivity index (χ4v) is 8.25. The molecule has 4 aromatic rings. The molecule has 0 amide bonds. The van der Waals surface area contributed by atoms with Gasteiger partial charge in [-0.3, -0.25) is 0 Å². The zero-order valence-corrected chi connectivity index (χ0v) is 18.8. The molecule has 156 valence electrons. The van der Waals surface area contributed by atoms with Gasteiger partial charge >= 0.3 is 0 Å². The third-order valence-corrected chi connectivity index (χ3v) is 9.98. The molecule has 4 rings (SSSR count). The maximum atomic E-state index is 12.5. The lowest BCUT2D eigenvalue weighted by Crippen LogP contribution is -2.32. The van der Waals surface area contributed by atoms with Crippen molar-refractivity contribution in [1.29, 1.82) is 0 Å². The van der Waals surface area contributed by atoms with E-state index in [1.54, 1.807) is 0 Å². The van der Waals surface area contributed by atoms with E-state index in [1.165, 1.54) is 21.5 Å². The van der Waals surface area contributed by atoms with Gasteiger partial charge in [0.15, 0.2) is 0 Å². The lowest BCUT2D eigenvalue weighted by atomic mass is 10.2. The molecule has 0 aromatic heterocycles. The van der Waals surface area contributed by atoms with Crippen LogP contribution in [-0.4, -0.2) is 13.3 Å². The highest BCUT2D eigenvalue weighted by Gasteiger charge is 2.45. The number of rotatable bonds is 8. The molecule has 4 aromatic carbocycles. The van der Waals surface area contributed by atoms with Crippen molar-refractivity contribution in [3.05, 3.63) is 120 Å². The summed E-state index contributed by atoms with van der Waals surface area (Å²) in [6.45, 7) is -0.426. The Morgan fingerprint density at radius 3 is 1.68 bits per heavy atom. The summed E-state index contributed by atoms with van der Waals surface area (Å²) in [6.07, 6.45) is 0.878. The Labute approximate surface area is 188 Å². The van der Waals surface area contributed by atoms with E-state index in [4.69, 9.17) is 16.3 Å². The number of hydrogen-bond donors (Lipinski definition) is 0. The van der Waals surface area contributed by atoms with Gasteiger partial charge in [-0.15, -0.1) is 0 Å². The summed E-state index contributed by atoms with van der Waals surface area (Å²) in [6, 6.07) is 37.7. The molecule has 4 heteroatoms. The fraction of sp³-hybridized carbons (Fsp3) is 0.111. The molecule has 0 saturated carbocycles. The minimum Gasteiger partial charge on any atom is -0.491 e. The van der Waals surface area contributed by atoms with Crippen LogP contribution in [0.2, 0.25) is 5.02 Å². The van der Waals surface area contributed by atoms with Crippen LogP contribution in [0.15, 0.2) is 109 Å². The zero-order chi connectivity index (χ0) is 21.5. The van der Waals surface area contributed by atoms with E-state index >= 15 is 0 Å². The zero-order valence-electron chi connectivity index (χ0n) is 17.1. The predicted octanol–water partition coefficient (Wildman–Crippen LogP) is 6.18. The van der Waals surface area contributed by atoms with Gasteiger partial charge in [-0.05, 0) is 66.2 Å². The van der Waals surface area contributed by atoms with Crippen LogP contribution in [0, 0.1) is 0 Å². The van der Waals surface area contributed by atoms with Gasteiger partial charge in [-0.2, -0.15) is 0 Å². The molecule has 0 heterocycles. The molecule has 0 atom stereocenters. The van der Waals surface area contributed by atoms with E-state index in [1.807, 2.05) is 24.3 Å². The molecule has 0 aliphatic rings. The minimum atomic E-state index is -2.01. The number of halogens is 2. The third kappa shape index (κ3) is 4.82. The van der Waals surface area contributed by atoms with Crippen molar-refractivity contribution >= 4 is 34.8 Å². The van der Waals surface area contributed by atoms with Crippen molar-refractivity contribution in [3.8, 4) is 5.75 Å². The number of hydrogen-bond acceptors (Lipinski definition) is 1. The van der Waals surface area contributed by atoms with Crippen LogP contribution >= 0.6 is 18.9 Å². The van der Waals surface area contributed by atoms with Crippen molar-refractivity contribution in [1.82, 2.24) is 0 Å². The van der Waals surface area contributed by atoms with Gasteiger partial charge in [0, 0.05) is 5.02 Å². The highest BCUT2D eigenvalue weighted by atomic mass is 35.5. The normalized spacial score (nSPS) is 11.3. The molecule has 0 N–H and O–H groups in total. The monoisotopic (exact) mass is 448 g/mol. The van der Waals surface area contributed by atoms with Crippen LogP contribution in [0.5, 0.6) is 5.75 Å². The van der Waals surface area contributed by atoms with Crippen molar-refractivity contribution in [2.45, 2.75) is 6.16 Å². The highest BCUT2D eigenvalue weighted by Crippen LogP contribution is 2.58. The third-order valence-electron chi connectivity index (χ3n) is 5.35. The van der Waals surface area contributed by atoms with Gasteiger partial charge in [0.1, 0.15) is 42.2 Å². The summed E-state index contributed by atoms with van der Waals surface area (Å²) in [4.78, 5) is 0. The maximum Gasteiger partial charge on any atom is 0.123 e. The standard InChI is InChI=1S/C27H24ClFOP/c28-23-13-11-22(12-14-23)21-31(25-7-3-1-4-8-25,26-9-5-2-6-10-26)27-17-15-24(16-18-27)30-20-19-29/h1-18H,19-21H2/q+1/i29-1. The van der Waals surface area contributed by atoms with E-state index in [-0.39, 0.29) is 6.61 Å². The largest absolute Gasteiger partial charge is 0.491 e. The number of ether oxygens (including phenoxy) is 1. The molecule has 0 fully saturated rings. The second-order valence-electron chi connectivity index (χ2n) is 7.30. The average molecular weight is 449 g/mol. The molecule has 1 nitrogen and oxygen atoms in total. The van der Waals surface area contributed by atoms with Crippen LogP contribution in [0.3, 0.4) is 0 Å². The van der Waals surface area contributed by atoms with E-state index in [2.05, 4.69) is 84.9 Å². The van der Waals surface area contributed by atoms with Crippen molar-refractivity contribution < 1.29 is 9.13 Å². The summed E-state index contributed by atoms with van der Waals surface area (Å²) in [5.41, 5.74) is 1.24. The first-order valence-corrected chi connectivity index (χ1v) is 12.6. The summed E-state index contributed by atoms with van der Waals surface area (Å²) in [7, 11) is -2.01. The fourth-order valence-electron chi connectivity index (χ4n) is 3.90. The maximum absolute atomic E-state index is 12.5. The van der Waals surface area contributed by atoms with Crippen LogP contribution in [0.1, 0.15) is 5.56 Å². The molecule has 31 heavy (non-hydrogen) atoms. The van der Waals surface area contributed by atoms with Crippen LogP contribution < -0.4 is 20.7 Å². The minimum absolute atomic E-state index is 0.0712. The summed E-state index contributed by atoms with van der Waals surface area (Å²) in [5, 5.41) is 4.62. The Morgan fingerprint density at radius 1 is 0.645 bits per heavy atom. The quantitative estimate of drug-likeness (QED) is 0.292. The molecule has 0 unspecified atom stereocenters. The molecular formula is C27H24ClFOP+. The lowest BCUT2D eigenvalue weighted by Gasteiger charge is -2.28. The van der Waals surface area contributed by atoms with E-state index in [0.29, 0.717) is 5.75 Å². The Bertz CT molecular complexity index is 1040. The number of benzene rings is 4. The van der Waals surface area contributed by atoms with Gasteiger partial charge in [0.2, 0.25) is 0 Å². The lowest BCUT2D eigenvalue weighted by molar-refractivity contribution is 0.273. The topological polar surface area (TPSA) is 9.23 Å². The first-order chi connectivity index (χ1) is 15.2. The average Bonchev–Trinajstić information content (AvgIpc) is 2.84. The Hall–Kier alpha value is -2.67. The number of alkyl halides is 1. The molecule has 0 radical (unpaired) electrons. The second kappa shape index (κ2) is 10.1. The van der Waals surface area contributed by atoms with Gasteiger partial charge in [-0.25, -0.2) is 4.39 Å². The Balaban J connectivity index is 1.90. The van der Waals surface area contributed by atoms with Crippen molar-refractivity contribution in [2.75, 3.05) is 13.3 Å². The van der Waals surface area contributed by atoms with Crippen molar-refractivity contribution in [3.63, 3.8) is 0 Å². The highest BCUT2D eigenvalue weighted by molar-refractivity contribution is 7.95. The Morgan fingerprint density at radius 2 is 1.16 bits per heavy atom. The summed E-state index contributed by atoms with van der Waals surface area (Å²) < 4.78 is 18.0. The molecule has 0 spiro atoms. The smallest absolute Gasteiger partial charge is 0.123 e. The first-order valence-electron chi connectivity index (χ1n) is 10.3. The predicted molar refractivity (Wildman–Crippen MR) is 132 cm³/mol. The molecule has 0 bridgehead atoms. The summed E-state index contributed by atoms with van der Waals surface area (Å²) in [5.74, 6) is 0.687. The van der Waals surface area contributed by atoms with Crippen LogP contribution in [-0.2, 0) is 6.16 Å². The van der Waals surface area contributed by atoms with E-state index in [9.17, 15) is 4.39 Å².